The number of rotatable bonds is 2. The van der Waals surface area contributed by atoms with E-state index >= 15 is 0 Å². The van der Waals surface area contributed by atoms with Gasteiger partial charge in [0.1, 0.15) is 0 Å². The van der Waals surface area contributed by atoms with Crippen LogP contribution in [0.15, 0.2) is 12.1 Å². The van der Waals surface area contributed by atoms with E-state index < -0.39 is 0 Å². The van der Waals surface area contributed by atoms with Crippen LogP contribution in [-0.2, 0) is 0 Å². The molecule has 2 bridgehead atoms. The smallest absolute Gasteiger partial charge is 0.0338 e. The van der Waals surface area contributed by atoms with E-state index in [2.05, 4.69) is 37.5 Å². The van der Waals surface area contributed by atoms with Crippen molar-refractivity contribution in [1.29, 1.82) is 0 Å². The second-order valence-corrected chi connectivity index (χ2v) is 6.07. The molecule has 0 amide bonds. The van der Waals surface area contributed by atoms with Crippen molar-refractivity contribution in [3.8, 4) is 0 Å². The molecule has 0 aromatic carbocycles. The maximum absolute atomic E-state index is 2.56. The first-order valence-electron chi connectivity index (χ1n) is 6.81. The van der Waals surface area contributed by atoms with Crippen LogP contribution in [0.4, 0.5) is 0 Å². The highest BCUT2D eigenvalue weighted by atomic mass is 15.0. The van der Waals surface area contributed by atoms with Crippen molar-refractivity contribution < 1.29 is 0 Å². The van der Waals surface area contributed by atoms with Gasteiger partial charge in [-0.1, -0.05) is 6.42 Å². The van der Waals surface area contributed by atoms with Crippen LogP contribution in [0.1, 0.15) is 50.0 Å². The molecule has 0 spiro atoms. The zero-order chi connectivity index (χ0) is 11.3. The third-order valence-corrected chi connectivity index (χ3v) is 5.15. The van der Waals surface area contributed by atoms with Crippen LogP contribution in [0, 0.1) is 31.6 Å². The number of nitrogens with zero attached hydrogens (tertiary/aromatic N) is 1. The van der Waals surface area contributed by atoms with Gasteiger partial charge in [0.05, 0.1) is 0 Å². The van der Waals surface area contributed by atoms with Crippen LogP contribution >= 0.6 is 0 Å². The summed E-state index contributed by atoms with van der Waals surface area (Å²) in [5.41, 5.74) is 2.88. The molecular weight excluding hydrogens is 194 g/mol. The lowest BCUT2D eigenvalue weighted by Crippen LogP contribution is -2.23. The van der Waals surface area contributed by atoms with Crippen LogP contribution in [0.5, 0.6) is 0 Å². The van der Waals surface area contributed by atoms with Gasteiger partial charge in [-0.3, -0.25) is 0 Å². The highest BCUT2D eigenvalue weighted by Gasteiger charge is 2.42. The largest absolute Gasteiger partial charge is 0.346 e. The van der Waals surface area contributed by atoms with Crippen LogP contribution in [-0.4, -0.2) is 4.57 Å². The lowest BCUT2D eigenvalue weighted by atomic mass is 9.83. The number of hydrogen-bond acceptors (Lipinski definition) is 0. The predicted octanol–water partition coefficient (Wildman–Crippen LogP) is 4.10. The Morgan fingerprint density at radius 3 is 2.31 bits per heavy atom. The molecule has 2 saturated carbocycles. The molecule has 1 heterocycles. The Labute approximate surface area is 98.9 Å². The Morgan fingerprint density at radius 1 is 1.12 bits per heavy atom. The van der Waals surface area contributed by atoms with Gasteiger partial charge in [0, 0.05) is 17.4 Å². The first-order valence-corrected chi connectivity index (χ1v) is 6.81. The highest BCUT2D eigenvalue weighted by Crippen LogP contribution is 2.52. The van der Waals surface area contributed by atoms with E-state index in [0.717, 1.165) is 17.8 Å². The summed E-state index contributed by atoms with van der Waals surface area (Å²) in [5.74, 6) is 3.04. The molecule has 1 heteroatoms. The number of hydrogen-bond donors (Lipinski definition) is 0. The van der Waals surface area contributed by atoms with Gasteiger partial charge in [-0.15, -0.1) is 0 Å². The van der Waals surface area contributed by atoms with Crippen molar-refractivity contribution in [2.45, 2.75) is 52.5 Å². The molecule has 4 atom stereocenters. The van der Waals surface area contributed by atoms with Gasteiger partial charge in [0.25, 0.3) is 0 Å². The molecule has 0 aliphatic heterocycles. The Morgan fingerprint density at radius 2 is 1.81 bits per heavy atom. The van der Waals surface area contributed by atoms with E-state index in [1.54, 1.807) is 0 Å². The van der Waals surface area contributed by atoms with Gasteiger partial charge >= 0.3 is 0 Å². The molecule has 88 valence electrons. The predicted molar refractivity (Wildman–Crippen MR) is 67.6 cm³/mol. The normalized spacial score (nSPS) is 34.6. The standard InChI is InChI=1S/C15H23N/c1-10-4-5-11(2)16(10)12(3)15-9-13-6-7-14(15)8-13/h4-5,12-15H,6-9H2,1-3H3/t12-,13-,14-,15-/m0/s1. The third-order valence-electron chi connectivity index (χ3n) is 5.15. The summed E-state index contributed by atoms with van der Waals surface area (Å²) < 4.78 is 2.56. The fourth-order valence-corrected chi connectivity index (χ4v) is 4.40. The van der Waals surface area contributed by atoms with Crippen molar-refractivity contribution >= 4 is 0 Å². The Hall–Kier alpha value is -0.720. The Kier molecular flexibility index (Phi) is 2.38. The van der Waals surface area contributed by atoms with E-state index in [4.69, 9.17) is 0 Å². The minimum atomic E-state index is 0.713. The highest BCUT2D eigenvalue weighted by molar-refractivity contribution is 5.15. The fourth-order valence-electron chi connectivity index (χ4n) is 4.40. The van der Waals surface area contributed by atoms with Gasteiger partial charge in [-0.05, 0) is 69.9 Å². The fraction of sp³-hybridized carbons (Fsp3) is 0.733. The molecule has 16 heavy (non-hydrogen) atoms. The summed E-state index contributed by atoms with van der Waals surface area (Å²) in [6.45, 7) is 6.93. The zero-order valence-electron chi connectivity index (χ0n) is 10.7. The maximum Gasteiger partial charge on any atom is 0.0338 e. The summed E-state index contributed by atoms with van der Waals surface area (Å²) in [6.07, 6.45) is 6.02. The topological polar surface area (TPSA) is 4.93 Å². The molecule has 2 aliphatic carbocycles. The van der Waals surface area contributed by atoms with E-state index in [0.29, 0.717) is 6.04 Å². The van der Waals surface area contributed by atoms with Crippen LogP contribution in [0.3, 0.4) is 0 Å². The van der Waals surface area contributed by atoms with Gasteiger partial charge in [0.2, 0.25) is 0 Å². The monoisotopic (exact) mass is 217 g/mol. The zero-order valence-corrected chi connectivity index (χ0v) is 10.7. The molecule has 1 aromatic heterocycles. The SMILES string of the molecule is Cc1ccc(C)n1[C@@H](C)[C@@H]1C[C@H]2CC[C@H]1C2. The minimum absolute atomic E-state index is 0.713. The second-order valence-electron chi connectivity index (χ2n) is 6.07. The van der Waals surface area contributed by atoms with Crippen molar-refractivity contribution in [2.75, 3.05) is 0 Å². The first kappa shape index (κ1) is 10.4. The Balaban J connectivity index is 1.85. The molecule has 3 rings (SSSR count). The summed E-state index contributed by atoms with van der Waals surface area (Å²) >= 11 is 0. The van der Waals surface area contributed by atoms with Gasteiger partial charge < -0.3 is 4.57 Å². The molecule has 2 fully saturated rings. The molecule has 0 N–H and O–H groups in total. The van der Waals surface area contributed by atoms with Crippen molar-refractivity contribution in [1.82, 2.24) is 4.57 Å². The van der Waals surface area contributed by atoms with Crippen molar-refractivity contribution in [2.24, 2.45) is 17.8 Å². The quantitative estimate of drug-likeness (QED) is 0.703. The van der Waals surface area contributed by atoms with Crippen LogP contribution in [0.2, 0.25) is 0 Å². The minimum Gasteiger partial charge on any atom is -0.346 e. The van der Waals surface area contributed by atoms with E-state index in [1.807, 2.05) is 0 Å². The average molecular weight is 217 g/mol. The molecule has 0 saturated heterocycles. The molecule has 0 radical (unpaired) electrons. The third kappa shape index (κ3) is 1.44. The summed E-state index contributed by atoms with van der Waals surface area (Å²) in [5, 5.41) is 0. The van der Waals surface area contributed by atoms with E-state index in [1.165, 1.54) is 37.1 Å². The molecule has 2 aliphatic rings. The van der Waals surface area contributed by atoms with Gasteiger partial charge in [-0.2, -0.15) is 0 Å². The number of aryl methyl sites for hydroxylation is 2. The van der Waals surface area contributed by atoms with Crippen LogP contribution < -0.4 is 0 Å². The Bertz CT molecular complexity index is 371. The summed E-state index contributed by atoms with van der Waals surface area (Å²) in [4.78, 5) is 0. The first-order chi connectivity index (χ1) is 7.66. The molecule has 1 nitrogen and oxygen atoms in total. The summed E-state index contributed by atoms with van der Waals surface area (Å²) in [6, 6.07) is 5.24. The number of aromatic nitrogens is 1. The van der Waals surface area contributed by atoms with E-state index in [-0.39, 0.29) is 0 Å². The lowest BCUT2D eigenvalue weighted by Gasteiger charge is -2.31. The van der Waals surface area contributed by atoms with E-state index in [9.17, 15) is 0 Å². The van der Waals surface area contributed by atoms with Gasteiger partial charge in [-0.25, -0.2) is 0 Å². The molecular formula is C15H23N. The van der Waals surface area contributed by atoms with Crippen LogP contribution in [0.25, 0.3) is 0 Å². The lowest BCUT2D eigenvalue weighted by molar-refractivity contribution is 0.239. The second kappa shape index (κ2) is 3.65. The summed E-state index contributed by atoms with van der Waals surface area (Å²) in [7, 11) is 0. The molecule has 1 aromatic rings. The number of fused-ring (bicyclic) bond motifs is 2. The van der Waals surface area contributed by atoms with Gasteiger partial charge in [0.15, 0.2) is 0 Å². The molecule has 0 unspecified atom stereocenters. The van der Waals surface area contributed by atoms with Crippen molar-refractivity contribution in [3.05, 3.63) is 23.5 Å². The maximum atomic E-state index is 2.56. The average Bonchev–Trinajstić information content (AvgIpc) is 2.93. The van der Waals surface area contributed by atoms with Crippen molar-refractivity contribution in [3.63, 3.8) is 0 Å².